The summed E-state index contributed by atoms with van der Waals surface area (Å²) < 4.78 is 13.3. The fourth-order valence-electron chi connectivity index (χ4n) is 1.98. The van der Waals surface area contributed by atoms with Gasteiger partial charge in [-0.3, -0.25) is 10.1 Å². The molecule has 0 amide bonds. The van der Waals surface area contributed by atoms with Crippen molar-refractivity contribution in [2.24, 2.45) is 0 Å². The zero-order chi connectivity index (χ0) is 16.1. The van der Waals surface area contributed by atoms with E-state index in [1.165, 1.54) is 30.0 Å². The molecule has 0 saturated heterocycles. The maximum absolute atomic E-state index is 13.3. The number of halogens is 1. The highest BCUT2D eigenvalue weighted by Gasteiger charge is 2.17. The van der Waals surface area contributed by atoms with Crippen LogP contribution in [0.5, 0.6) is 0 Å². The summed E-state index contributed by atoms with van der Waals surface area (Å²) in [4.78, 5) is 11.9. The molecule has 0 fully saturated rings. The monoisotopic (exact) mass is 322 g/mol. The second-order valence-electron chi connectivity index (χ2n) is 4.60. The Labute approximate surface area is 131 Å². The van der Waals surface area contributed by atoms with Crippen LogP contribution in [0.3, 0.4) is 0 Å². The molecule has 0 saturated carbocycles. The van der Waals surface area contributed by atoms with Crippen molar-refractivity contribution in [3.8, 4) is 0 Å². The minimum atomic E-state index is -0.483. The summed E-state index contributed by atoms with van der Waals surface area (Å²) in [6.45, 7) is 0.204. The lowest BCUT2D eigenvalue weighted by molar-refractivity contribution is -0.387. The van der Waals surface area contributed by atoms with Crippen molar-refractivity contribution >= 4 is 17.4 Å². The summed E-state index contributed by atoms with van der Waals surface area (Å²) in [5.74, 6) is -0.347. The Morgan fingerprint density at radius 3 is 2.64 bits per heavy atom. The Morgan fingerprint density at radius 2 is 2.00 bits per heavy atom. The molecule has 2 aromatic carbocycles. The van der Waals surface area contributed by atoms with Crippen molar-refractivity contribution in [1.82, 2.24) is 5.32 Å². The Morgan fingerprint density at radius 1 is 1.27 bits per heavy atom. The van der Waals surface area contributed by atoms with Crippen LogP contribution < -0.4 is 5.32 Å². The van der Waals surface area contributed by atoms with Crippen molar-refractivity contribution in [1.29, 1.82) is 0 Å². The molecule has 116 valence electrons. The first kappa shape index (κ1) is 16.4. The van der Waals surface area contributed by atoms with Crippen LogP contribution in [0.2, 0.25) is 0 Å². The number of aliphatic hydroxyl groups is 1. The molecule has 0 heterocycles. The molecule has 0 bridgehead atoms. The van der Waals surface area contributed by atoms with Gasteiger partial charge in [-0.2, -0.15) is 0 Å². The van der Waals surface area contributed by atoms with Gasteiger partial charge in [-0.15, -0.1) is 0 Å². The molecule has 5 nitrogen and oxygen atoms in total. The second kappa shape index (κ2) is 7.35. The number of rotatable bonds is 6. The molecular weight excluding hydrogens is 307 g/mol. The van der Waals surface area contributed by atoms with E-state index in [2.05, 4.69) is 5.32 Å². The predicted octanol–water partition coefficient (Wildman–Crippen LogP) is 3.10. The third kappa shape index (κ3) is 3.82. The molecule has 0 spiro atoms. The van der Waals surface area contributed by atoms with Crippen LogP contribution in [0, 0.1) is 15.9 Å². The van der Waals surface area contributed by atoms with Crippen LogP contribution in [0.1, 0.15) is 11.1 Å². The molecule has 0 aliphatic rings. The summed E-state index contributed by atoms with van der Waals surface area (Å²) in [5, 5.41) is 23.2. The highest BCUT2D eigenvalue weighted by atomic mass is 32.2. The van der Waals surface area contributed by atoms with E-state index < -0.39 is 4.92 Å². The van der Waals surface area contributed by atoms with Crippen LogP contribution in [0.4, 0.5) is 10.1 Å². The standard InChI is InChI=1S/C15H15FN2O3S/c1-17-8-11-7-12(16)3-5-14(11)22-15-4-2-10(9-19)6-13(15)18(20)21/h2-7,17,19H,8-9H2,1H3. The summed E-state index contributed by atoms with van der Waals surface area (Å²) in [5.41, 5.74) is 1.13. The van der Waals surface area contributed by atoms with Gasteiger partial charge in [-0.1, -0.05) is 17.8 Å². The lowest BCUT2D eigenvalue weighted by atomic mass is 10.2. The van der Waals surface area contributed by atoms with Crippen LogP contribution in [-0.2, 0) is 13.2 Å². The van der Waals surface area contributed by atoms with Gasteiger partial charge >= 0.3 is 0 Å². The third-order valence-corrected chi connectivity index (χ3v) is 4.20. The van der Waals surface area contributed by atoms with Gasteiger partial charge in [-0.25, -0.2) is 4.39 Å². The Hall–Kier alpha value is -1.96. The Kier molecular flexibility index (Phi) is 5.48. The van der Waals surface area contributed by atoms with E-state index in [1.807, 2.05) is 0 Å². The first-order chi connectivity index (χ1) is 10.5. The summed E-state index contributed by atoms with van der Waals surface area (Å²) in [7, 11) is 1.75. The normalized spacial score (nSPS) is 10.7. The molecule has 0 atom stereocenters. The average Bonchev–Trinajstić information content (AvgIpc) is 2.50. The van der Waals surface area contributed by atoms with E-state index in [0.29, 0.717) is 17.0 Å². The summed E-state index contributed by atoms with van der Waals surface area (Å²) >= 11 is 1.21. The molecular formula is C15H15FN2O3S. The molecule has 7 heteroatoms. The zero-order valence-electron chi connectivity index (χ0n) is 11.9. The number of nitro benzene ring substituents is 1. The van der Waals surface area contributed by atoms with E-state index >= 15 is 0 Å². The lowest BCUT2D eigenvalue weighted by Crippen LogP contribution is -2.06. The largest absolute Gasteiger partial charge is 0.392 e. The molecule has 2 N–H and O–H groups in total. The van der Waals surface area contributed by atoms with Crippen molar-refractivity contribution < 1.29 is 14.4 Å². The van der Waals surface area contributed by atoms with Crippen LogP contribution in [0.15, 0.2) is 46.2 Å². The number of aliphatic hydroxyl groups excluding tert-OH is 1. The van der Waals surface area contributed by atoms with E-state index in [1.54, 1.807) is 25.2 Å². The zero-order valence-corrected chi connectivity index (χ0v) is 12.7. The van der Waals surface area contributed by atoms with E-state index in [4.69, 9.17) is 5.11 Å². The van der Waals surface area contributed by atoms with Crippen molar-refractivity contribution in [2.75, 3.05) is 7.05 Å². The first-order valence-corrected chi connectivity index (χ1v) is 7.36. The summed E-state index contributed by atoms with van der Waals surface area (Å²) in [6, 6.07) is 8.93. The van der Waals surface area contributed by atoms with Crippen molar-refractivity contribution in [2.45, 2.75) is 22.9 Å². The first-order valence-electron chi connectivity index (χ1n) is 6.54. The molecule has 0 aromatic heterocycles. The van der Waals surface area contributed by atoms with Crippen LogP contribution >= 0.6 is 11.8 Å². The topological polar surface area (TPSA) is 75.4 Å². The van der Waals surface area contributed by atoms with Crippen molar-refractivity contribution in [3.05, 3.63) is 63.5 Å². The van der Waals surface area contributed by atoms with Gasteiger partial charge in [0.25, 0.3) is 5.69 Å². The summed E-state index contributed by atoms with van der Waals surface area (Å²) in [6.07, 6.45) is 0. The van der Waals surface area contributed by atoms with Crippen LogP contribution in [-0.4, -0.2) is 17.1 Å². The predicted molar refractivity (Wildman–Crippen MR) is 82.3 cm³/mol. The molecule has 2 aromatic rings. The lowest BCUT2D eigenvalue weighted by Gasteiger charge is -2.10. The Balaban J connectivity index is 2.40. The van der Waals surface area contributed by atoms with E-state index in [0.717, 1.165) is 10.5 Å². The highest BCUT2D eigenvalue weighted by Crippen LogP contribution is 2.37. The van der Waals surface area contributed by atoms with Gasteiger partial charge in [0.15, 0.2) is 0 Å². The quantitative estimate of drug-likeness (QED) is 0.631. The number of hydrogen-bond donors (Lipinski definition) is 2. The minimum absolute atomic E-state index is 0.0729. The SMILES string of the molecule is CNCc1cc(F)ccc1Sc1ccc(CO)cc1[N+](=O)[O-]. The van der Waals surface area contributed by atoms with Gasteiger partial charge in [0.2, 0.25) is 0 Å². The fraction of sp³-hybridized carbons (Fsp3) is 0.200. The molecule has 0 unspecified atom stereocenters. The minimum Gasteiger partial charge on any atom is -0.392 e. The molecule has 0 radical (unpaired) electrons. The number of nitro groups is 1. The molecule has 2 rings (SSSR count). The second-order valence-corrected chi connectivity index (χ2v) is 5.69. The van der Waals surface area contributed by atoms with E-state index in [9.17, 15) is 14.5 Å². The van der Waals surface area contributed by atoms with Gasteiger partial charge in [0.05, 0.1) is 16.4 Å². The van der Waals surface area contributed by atoms with Gasteiger partial charge in [0.1, 0.15) is 5.82 Å². The number of nitrogens with zero attached hydrogens (tertiary/aromatic N) is 1. The van der Waals surface area contributed by atoms with Crippen molar-refractivity contribution in [3.63, 3.8) is 0 Å². The highest BCUT2D eigenvalue weighted by molar-refractivity contribution is 7.99. The van der Waals surface area contributed by atoms with Crippen LogP contribution in [0.25, 0.3) is 0 Å². The maximum atomic E-state index is 13.3. The molecule has 0 aliphatic heterocycles. The maximum Gasteiger partial charge on any atom is 0.283 e. The number of hydrogen-bond acceptors (Lipinski definition) is 5. The smallest absolute Gasteiger partial charge is 0.283 e. The molecule has 22 heavy (non-hydrogen) atoms. The third-order valence-electron chi connectivity index (χ3n) is 3.01. The van der Waals surface area contributed by atoms with Gasteiger partial charge < -0.3 is 10.4 Å². The average molecular weight is 322 g/mol. The van der Waals surface area contributed by atoms with Gasteiger partial charge in [0, 0.05) is 17.5 Å². The Bertz CT molecular complexity index is 694. The number of benzene rings is 2. The van der Waals surface area contributed by atoms with E-state index in [-0.39, 0.29) is 18.1 Å². The van der Waals surface area contributed by atoms with Gasteiger partial charge in [-0.05, 0) is 42.4 Å². The number of nitrogens with one attached hydrogen (secondary N) is 1. The fourth-order valence-corrected chi connectivity index (χ4v) is 2.99. The molecule has 0 aliphatic carbocycles.